The zero-order valence-electron chi connectivity index (χ0n) is 12.3. The first-order valence-electron chi connectivity index (χ1n) is 6.99. The summed E-state index contributed by atoms with van der Waals surface area (Å²) in [5.41, 5.74) is 0.760. The van der Waals surface area contributed by atoms with Crippen LogP contribution in [0.3, 0.4) is 0 Å². The number of benzene rings is 2. The second-order valence-corrected chi connectivity index (χ2v) is 6.46. The standard InChI is InChI=1S/C16H14O6S/c1-2-16(17)21-14-5-3-4-6-15(14)22-23(18,19)13-8-11-7-12(9-13)20-10-11/h3-9H,2,10H2,1H3. The second-order valence-electron chi connectivity index (χ2n) is 4.91. The molecule has 0 aliphatic carbocycles. The van der Waals surface area contributed by atoms with E-state index in [1.807, 2.05) is 0 Å². The summed E-state index contributed by atoms with van der Waals surface area (Å²) in [5.74, 6) is 0.0243. The lowest BCUT2D eigenvalue weighted by atomic mass is 10.2. The van der Waals surface area contributed by atoms with Crippen molar-refractivity contribution in [1.29, 1.82) is 0 Å². The van der Waals surface area contributed by atoms with Crippen molar-refractivity contribution >= 4 is 16.1 Å². The number of esters is 1. The van der Waals surface area contributed by atoms with Gasteiger partial charge in [-0.3, -0.25) is 4.79 Å². The van der Waals surface area contributed by atoms with Gasteiger partial charge in [-0.25, -0.2) is 0 Å². The lowest BCUT2D eigenvalue weighted by Crippen LogP contribution is -2.12. The van der Waals surface area contributed by atoms with Crippen molar-refractivity contribution < 1.29 is 26.9 Å². The monoisotopic (exact) mass is 334 g/mol. The van der Waals surface area contributed by atoms with E-state index in [1.54, 1.807) is 25.1 Å². The van der Waals surface area contributed by atoms with Crippen LogP contribution in [-0.4, -0.2) is 14.4 Å². The van der Waals surface area contributed by atoms with Gasteiger partial charge in [-0.1, -0.05) is 19.1 Å². The van der Waals surface area contributed by atoms with E-state index in [0.717, 1.165) is 5.56 Å². The first-order valence-corrected chi connectivity index (χ1v) is 8.40. The number of rotatable bonds is 5. The molecule has 120 valence electrons. The minimum absolute atomic E-state index is 0.000814. The zero-order valence-corrected chi connectivity index (χ0v) is 13.1. The Labute approximate surface area is 133 Å². The number of para-hydroxylation sites is 2. The van der Waals surface area contributed by atoms with Crippen LogP contribution in [0, 0.1) is 0 Å². The molecule has 0 amide bonds. The van der Waals surface area contributed by atoms with E-state index in [2.05, 4.69) is 0 Å². The van der Waals surface area contributed by atoms with Crippen molar-refractivity contribution in [3.63, 3.8) is 0 Å². The zero-order chi connectivity index (χ0) is 16.4. The van der Waals surface area contributed by atoms with Gasteiger partial charge < -0.3 is 13.7 Å². The fraction of sp³-hybridized carbons (Fsp3) is 0.188. The van der Waals surface area contributed by atoms with Crippen LogP contribution in [0.2, 0.25) is 0 Å². The third kappa shape index (κ3) is 3.29. The highest BCUT2D eigenvalue weighted by atomic mass is 32.2. The van der Waals surface area contributed by atoms with E-state index < -0.39 is 16.1 Å². The molecular formula is C16H14O6S. The number of fused-ring (bicyclic) bond motifs is 2. The third-order valence-electron chi connectivity index (χ3n) is 3.20. The van der Waals surface area contributed by atoms with Gasteiger partial charge in [0.05, 0.1) is 0 Å². The number of ether oxygens (including phenoxy) is 2. The van der Waals surface area contributed by atoms with Gasteiger partial charge in [0.1, 0.15) is 17.3 Å². The Morgan fingerprint density at radius 1 is 1.17 bits per heavy atom. The van der Waals surface area contributed by atoms with E-state index in [1.165, 1.54) is 24.3 Å². The van der Waals surface area contributed by atoms with Crippen molar-refractivity contribution in [3.05, 3.63) is 48.0 Å². The second kappa shape index (κ2) is 5.92. The molecule has 0 spiro atoms. The van der Waals surface area contributed by atoms with Gasteiger partial charge in [0.15, 0.2) is 11.5 Å². The summed E-state index contributed by atoms with van der Waals surface area (Å²) in [6.07, 6.45) is 0.170. The number of carbonyl (C=O) groups excluding carboxylic acids is 1. The van der Waals surface area contributed by atoms with Crippen LogP contribution in [0.25, 0.3) is 0 Å². The maximum atomic E-state index is 12.4. The Kier molecular flexibility index (Phi) is 3.96. The number of hydrogen-bond donors (Lipinski definition) is 0. The molecule has 0 saturated carbocycles. The van der Waals surface area contributed by atoms with Crippen molar-refractivity contribution in [2.45, 2.75) is 24.8 Å². The molecule has 2 aromatic rings. The van der Waals surface area contributed by atoms with Crippen LogP contribution in [0.5, 0.6) is 17.2 Å². The Bertz CT molecular complexity index is 834. The van der Waals surface area contributed by atoms with Crippen LogP contribution in [0.15, 0.2) is 47.4 Å². The first-order chi connectivity index (χ1) is 11.0. The van der Waals surface area contributed by atoms with E-state index in [4.69, 9.17) is 13.7 Å². The molecule has 1 aliphatic rings. The molecule has 3 rings (SSSR count). The fourth-order valence-corrected chi connectivity index (χ4v) is 3.10. The maximum absolute atomic E-state index is 12.4. The van der Waals surface area contributed by atoms with Crippen molar-refractivity contribution in [1.82, 2.24) is 0 Å². The highest BCUT2D eigenvalue weighted by Gasteiger charge is 2.23. The predicted octanol–water partition coefficient (Wildman–Crippen LogP) is 2.66. The summed E-state index contributed by atoms with van der Waals surface area (Å²) in [6, 6.07) is 10.8. The van der Waals surface area contributed by atoms with Crippen molar-refractivity contribution in [3.8, 4) is 17.2 Å². The lowest BCUT2D eigenvalue weighted by molar-refractivity contribution is -0.134. The Hall–Kier alpha value is -2.54. The average Bonchev–Trinajstić information content (AvgIpc) is 2.87. The van der Waals surface area contributed by atoms with Gasteiger partial charge in [-0.15, -0.1) is 0 Å². The molecule has 1 aliphatic heterocycles. The van der Waals surface area contributed by atoms with E-state index in [-0.39, 0.29) is 22.8 Å². The smallest absolute Gasteiger partial charge is 0.339 e. The summed E-state index contributed by atoms with van der Waals surface area (Å²) >= 11 is 0. The average molecular weight is 334 g/mol. The van der Waals surface area contributed by atoms with Crippen LogP contribution >= 0.6 is 0 Å². The molecule has 6 nitrogen and oxygen atoms in total. The highest BCUT2D eigenvalue weighted by molar-refractivity contribution is 7.87. The molecule has 0 atom stereocenters. The maximum Gasteiger partial charge on any atom is 0.339 e. The molecular weight excluding hydrogens is 320 g/mol. The largest absolute Gasteiger partial charge is 0.489 e. The van der Waals surface area contributed by atoms with Crippen molar-refractivity contribution in [2.24, 2.45) is 0 Å². The number of carbonyl (C=O) groups is 1. The molecule has 23 heavy (non-hydrogen) atoms. The Morgan fingerprint density at radius 3 is 2.61 bits per heavy atom. The highest BCUT2D eigenvalue weighted by Crippen LogP contribution is 2.32. The van der Waals surface area contributed by atoms with Gasteiger partial charge in [0.25, 0.3) is 0 Å². The topological polar surface area (TPSA) is 78.9 Å². The molecule has 0 saturated heterocycles. The van der Waals surface area contributed by atoms with Gasteiger partial charge in [0.2, 0.25) is 0 Å². The molecule has 0 aromatic heterocycles. The normalized spacial score (nSPS) is 12.6. The van der Waals surface area contributed by atoms with E-state index >= 15 is 0 Å². The minimum atomic E-state index is -4.05. The van der Waals surface area contributed by atoms with Crippen LogP contribution < -0.4 is 13.7 Å². The Morgan fingerprint density at radius 2 is 1.91 bits per heavy atom. The third-order valence-corrected chi connectivity index (χ3v) is 4.41. The van der Waals surface area contributed by atoms with E-state index in [9.17, 15) is 13.2 Å². The minimum Gasteiger partial charge on any atom is -0.489 e. The molecule has 2 aromatic carbocycles. The van der Waals surface area contributed by atoms with Gasteiger partial charge in [-0.05, 0) is 29.8 Å². The summed E-state index contributed by atoms with van der Waals surface area (Å²) in [7, 11) is -4.05. The molecule has 0 N–H and O–H groups in total. The Balaban J connectivity index is 1.90. The summed E-state index contributed by atoms with van der Waals surface area (Å²) in [5, 5.41) is 0. The van der Waals surface area contributed by atoms with Gasteiger partial charge in [-0.2, -0.15) is 8.42 Å². The quantitative estimate of drug-likeness (QED) is 0.475. The number of hydrogen-bond acceptors (Lipinski definition) is 6. The lowest BCUT2D eigenvalue weighted by Gasteiger charge is -2.11. The molecule has 0 fully saturated rings. The first kappa shape index (κ1) is 15.4. The molecule has 0 radical (unpaired) electrons. The van der Waals surface area contributed by atoms with Gasteiger partial charge in [0, 0.05) is 12.5 Å². The fourth-order valence-electron chi connectivity index (χ4n) is 2.07. The van der Waals surface area contributed by atoms with Crippen LogP contribution in [0.4, 0.5) is 0 Å². The summed E-state index contributed by atoms with van der Waals surface area (Å²) in [4.78, 5) is 11.4. The molecule has 0 unspecified atom stereocenters. The van der Waals surface area contributed by atoms with Crippen LogP contribution in [0.1, 0.15) is 18.9 Å². The summed E-state index contributed by atoms with van der Waals surface area (Å²) < 4.78 is 40.3. The van der Waals surface area contributed by atoms with Crippen molar-refractivity contribution in [2.75, 3.05) is 0 Å². The predicted molar refractivity (Wildman–Crippen MR) is 81.0 cm³/mol. The molecule has 2 bridgehead atoms. The SMILES string of the molecule is CCC(=O)Oc1ccccc1OS(=O)(=O)c1cc2cc(c1)OC2. The van der Waals surface area contributed by atoms with Crippen LogP contribution in [-0.2, 0) is 21.5 Å². The molecule has 1 heterocycles. The summed E-state index contributed by atoms with van der Waals surface area (Å²) in [6.45, 7) is 1.99. The molecule has 7 heteroatoms. The van der Waals surface area contributed by atoms with E-state index in [0.29, 0.717) is 12.4 Å². The van der Waals surface area contributed by atoms with Gasteiger partial charge >= 0.3 is 16.1 Å².